The molecule has 1 atom stereocenters. The lowest BCUT2D eigenvalue weighted by atomic mass is 10.3. The quantitative estimate of drug-likeness (QED) is 0.790. The van der Waals surface area contributed by atoms with Crippen molar-refractivity contribution >= 4 is 31.6 Å². The lowest BCUT2D eigenvalue weighted by Crippen LogP contribution is -2.34. The number of ether oxygens (including phenoxy) is 1. The maximum absolute atomic E-state index is 12.2. The van der Waals surface area contributed by atoms with Crippen molar-refractivity contribution in [2.75, 3.05) is 24.9 Å². The second-order valence-corrected chi connectivity index (χ2v) is 7.12. The first-order valence-corrected chi connectivity index (χ1v) is 8.30. The summed E-state index contributed by atoms with van der Waals surface area (Å²) in [6, 6.07) is 5.17. The standard InChI is InChI=1S/C12H19BrN2O3S/c1-4-14-8-9(2)19(16,17)15-11-7-10(13)5-6-12(11)18-3/h5-7,9,14-15H,4,8H2,1-3H3. The van der Waals surface area contributed by atoms with Crippen molar-refractivity contribution in [2.24, 2.45) is 0 Å². The van der Waals surface area contributed by atoms with E-state index in [0.29, 0.717) is 18.0 Å². The van der Waals surface area contributed by atoms with E-state index in [2.05, 4.69) is 26.0 Å². The zero-order valence-electron chi connectivity index (χ0n) is 11.2. The molecule has 0 saturated heterocycles. The van der Waals surface area contributed by atoms with E-state index in [9.17, 15) is 8.42 Å². The van der Waals surface area contributed by atoms with Crippen LogP contribution < -0.4 is 14.8 Å². The van der Waals surface area contributed by atoms with Crippen molar-refractivity contribution in [2.45, 2.75) is 19.1 Å². The summed E-state index contributed by atoms with van der Waals surface area (Å²) in [7, 11) is -1.95. The molecule has 5 nitrogen and oxygen atoms in total. The molecule has 7 heteroatoms. The Morgan fingerprint density at radius 1 is 1.42 bits per heavy atom. The molecule has 0 aliphatic carbocycles. The summed E-state index contributed by atoms with van der Waals surface area (Å²) in [6.45, 7) is 4.74. The maximum atomic E-state index is 12.2. The third-order valence-corrected chi connectivity index (χ3v) is 4.85. The molecular formula is C12H19BrN2O3S. The van der Waals surface area contributed by atoms with Gasteiger partial charge in [0.25, 0.3) is 0 Å². The fraction of sp³-hybridized carbons (Fsp3) is 0.500. The van der Waals surface area contributed by atoms with Crippen LogP contribution in [0.15, 0.2) is 22.7 Å². The summed E-state index contributed by atoms with van der Waals surface area (Å²) in [5, 5.41) is 2.49. The van der Waals surface area contributed by atoms with E-state index in [1.54, 1.807) is 25.1 Å². The molecule has 1 aromatic rings. The number of hydrogen-bond acceptors (Lipinski definition) is 4. The average Bonchev–Trinajstić information content (AvgIpc) is 2.35. The summed E-state index contributed by atoms with van der Waals surface area (Å²) in [5.74, 6) is 0.488. The molecule has 0 aromatic heterocycles. The Morgan fingerprint density at radius 3 is 2.68 bits per heavy atom. The van der Waals surface area contributed by atoms with E-state index in [1.165, 1.54) is 7.11 Å². The highest BCUT2D eigenvalue weighted by Crippen LogP contribution is 2.29. The predicted octanol–water partition coefficient (Wildman–Crippen LogP) is 2.20. The van der Waals surface area contributed by atoms with E-state index < -0.39 is 15.3 Å². The van der Waals surface area contributed by atoms with Gasteiger partial charge in [0, 0.05) is 11.0 Å². The number of rotatable bonds is 7. The normalized spacial score (nSPS) is 13.1. The van der Waals surface area contributed by atoms with Gasteiger partial charge in [0.2, 0.25) is 10.0 Å². The Hall–Kier alpha value is -0.790. The Bertz CT molecular complexity index is 520. The predicted molar refractivity (Wildman–Crippen MR) is 81.2 cm³/mol. The van der Waals surface area contributed by atoms with E-state index in [4.69, 9.17) is 4.74 Å². The first kappa shape index (κ1) is 16.3. The van der Waals surface area contributed by atoms with Gasteiger partial charge in [-0.2, -0.15) is 0 Å². The third-order valence-electron chi connectivity index (χ3n) is 2.63. The molecule has 0 aliphatic heterocycles. The highest BCUT2D eigenvalue weighted by Gasteiger charge is 2.21. The van der Waals surface area contributed by atoms with Crippen molar-refractivity contribution in [1.82, 2.24) is 5.32 Å². The molecule has 1 rings (SSSR count). The average molecular weight is 351 g/mol. The molecule has 0 amide bonds. The second kappa shape index (κ2) is 7.12. The smallest absolute Gasteiger partial charge is 0.236 e. The Labute approximate surface area is 122 Å². The van der Waals surface area contributed by atoms with E-state index in [0.717, 1.165) is 11.0 Å². The van der Waals surface area contributed by atoms with Crippen LogP contribution in [0.5, 0.6) is 5.75 Å². The number of benzene rings is 1. The van der Waals surface area contributed by atoms with Gasteiger partial charge in [-0.3, -0.25) is 4.72 Å². The van der Waals surface area contributed by atoms with Gasteiger partial charge in [-0.25, -0.2) is 8.42 Å². The molecule has 0 fully saturated rings. The number of anilines is 1. The van der Waals surface area contributed by atoms with E-state index in [-0.39, 0.29) is 0 Å². The second-order valence-electron chi connectivity index (χ2n) is 4.11. The Kier molecular flexibility index (Phi) is 6.09. The van der Waals surface area contributed by atoms with E-state index >= 15 is 0 Å². The summed E-state index contributed by atoms with van der Waals surface area (Å²) in [4.78, 5) is 0. The van der Waals surface area contributed by atoms with Crippen molar-refractivity contribution in [3.05, 3.63) is 22.7 Å². The first-order chi connectivity index (χ1) is 8.90. The first-order valence-electron chi connectivity index (χ1n) is 5.96. The largest absolute Gasteiger partial charge is 0.495 e. The van der Waals surface area contributed by atoms with Gasteiger partial charge in [0.05, 0.1) is 18.0 Å². The molecule has 2 N–H and O–H groups in total. The Morgan fingerprint density at radius 2 is 2.11 bits per heavy atom. The van der Waals surface area contributed by atoms with Crippen LogP contribution in [0, 0.1) is 0 Å². The zero-order valence-corrected chi connectivity index (χ0v) is 13.6. The van der Waals surface area contributed by atoms with Crippen molar-refractivity contribution < 1.29 is 13.2 Å². The third kappa shape index (κ3) is 4.67. The fourth-order valence-electron chi connectivity index (χ4n) is 1.47. The minimum absolute atomic E-state index is 0.405. The van der Waals surface area contributed by atoms with Gasteiger partial charge in [-0.15, -0.1) is 0 Å². The van der Waals surface area contributed by atoms with Gasteiger partial charge in [-0.05, 0) is 31.7 Å². The van der Waals surface area contributed by atoms with Crippen molar-refractivity contribution in [1.29, 1.82) is 0 Å². The number of halogens is 1. The van der Waals surface area contributed by atoms with E-state index in [1.807, 2.05) is 6.92 Å². The number of nitrogens with one attached hydrogen (secondary N) is 2. The summed E-state index contributed by atoms with van der Waals surface area (Å²) in [5.41, 5.74) is 0.431. The molecular weight excluding hydrogens is 332 g/mol. The molecule has 108 valence electrons. The molecule has 0 bridgehead atoms. The van der Waals surface area contributed by atoms with Crippen LogP contribution in [0.1, 0.15) is 13.8 Å². The number of sulfonamides is 1. The van der Waals surface area contributed by atoms with Gasteiger partial charge in [0.1, 0.15) is 5.75 Å². The van der Waals surface area contributed by atoms with Crippen LogP contribution in [0.3, 0.4) is 0 Å². The van der Waals surface area contributed by atoms with Gasteiger partial charge >= 0.3 is 0 Å². The highest BCUT2D eigenvalue weighted by atomic mass is 79.9. The van der Waals surface area contributed by atoms with Crippen LogP contribution in [0.4, 0.5) is 5.69 Å². The van der Waals surface area contributed by atoms with Crippen LogP contribution in [0.25, 0.3) is 0 Å². The van der Waals surface area contributed by atoms with Crippen molar-refractivity contribution in [3.63, 3.8) is 0 Å². The van der Waals surface area contributed by atoms with Crippen LogP contribution in [-0.4, -0.2) is 33.9 Å². The number of methoxy groups -OCH3 is 1. The van der Waals surface area contributed by atoms with Crippen LogP contribution in [-0.2, 0) is 10.0 Å². The van der Waals surface area contributed by atoms with Crippen LogP contribution in [0.2, 0.25) is 0 Å². The Balaban J connectivity index is 2.91. The minimum atomic E-state index is -3.45. The van der Waals surface area contributed by atoms with Gasteiger partial charge < -0.3 is 10.1 Å². The molecule has 0 heterocycles. The topological polar surface area (TPSA) is 67.4 Å². The highest BCUT2D eigenvalue weighted by molar-refractivity contribution is 9.10. The summed E-state index contributed by atoms with van der Waals surface area (Å²) >= 11 is 3.31. The SMILES string of the molecule is CCNCC(C)S(=O)(=O)Nc1cc(Br)ccc1OC. The molecule has 19 heavy (non-hydrogen) atoms. The van der Waals surface area contributed by atoms with Gasteiger partial charge in [-0.1, -0.05) is 22.9 Å². The van der Waals surface area contributed by atoms with Gasteiger partial charge in [0.15, 0.2) is 0 Å². The monoisotopic (exact) mass is 350 g/mol. The van der Waals surface area contributed by atoms with Crippen molar-refractivity contribution in [3.8, 4) is 5.75 Å². The number of hydrogen-bond donors (Lipinski definition) is 2. The maximum Gasteiger partial charge on any atom is 0.236 e. The minimum Gasteiger partial charge on any atom is -0.495 e. The molecule has 1 aromatic carbocycles. The molecule has 0 spiro atoms. The zero-order chi connectivity index (χ0) is 14.5. The summed E-state index contributed by atoms with van der Waals surface area (Å²) in [6.07, 6.45) is 0. The molecule has 1 unspecified atom stereocenters. The lowest BCUT2D eigenvalue weighted by molar-refractivity contribution is 0.417. The fourth-order valence-corrected chi connectivity index (χ4v) is 2.84. The molecule has 0 radical (unpaired) electrons. The van der Waals surface area contributed by atoms with Crippen LogP contribution >= 0.6 is 15.9 Å². The molecule has 0 aliphatic rings. The summed E-state index contributed by atoms with van der Waals surface area (Å²) < 4.78 is 32.8. The molecule has 0 saturated carbocycles. The lowest BCUT2D eigenvalue weighted by Gasteiger charge is -2.17.